The quantitative estimate of drug-likeness (QED) is 0.565. The highest BCUT2D eigenvalue weighted by atomic mass is 32.2. The van der Waals surface area contributed by atoms with Crippen LogP contribution in [0.5, 0.6) is 5.75 Å². The van der Waals surface area contributed by atoms with E-state index in [-0.39, 0.29) is 16.4 Å². The Morgan fingerprint density at radius 2 is 1.64 bits per heavy atom. The number of aryl methyl sites for hydroxylation is 1. The van der Waals surface area contributed by atoms with Gasteiger partial charge in [0.15, 0.2) is 0 Å². The summed E-state index contributed by atoms with van der Waals surface area (Å²) in [6, 6.07) is 21.0. The van der Waals surface area contributed by atoms with Crippen LogP contribution in [0.1, 0.15) is 45.9 Å². The zero-order valence-corrected chi connectivity index (χ0v) is 19.6. The fourth-order valence-corrected chi connectivity index (χ4v) is 5.43. The summed E-state index contributed by atoms with van der Waals surface area (Å²) >= 11 is 0. The highest BCUT2D eigenvalue weighted by molar-refractivity contribution is 7.89. The number of sulfonamides is 1. The Hall–Kier alpha value is -3.16. The van der Waals surface area contributed by atoms with Crippen molar-refractivity contribution < 1.29 is 17.9 Å². The van der Waals surface area contributed by atoms with Gasteiger partial charge in [-0.1, -0.05) is 54.6 Å². The second-order valence-corrected chi connectivity index (χ2v) is 9.90. The second kappa shape index (κ2) is 9.77. The van der Waals surface area contributed by atoms with Crippen LogP contribution in [0.15, 0.2) is 77.7 Å². The van der Waals surface area contributed by atoms with Crippen LogP contribution in [0.4, 0.5) is 0 Å². The number of likely N-dealkylation sites (tertiary alicyclic amines) is 1. The summed E-state index contributed by atoms with van der Waals surface area (Å²) in [6.45, 7) is 3.29. The van der Waals surface area contributed by atoms with E-state index in [1.165, 1.54) is 19.2 Å². The summed E-state index contributed by atoms with van der Waals surface area (Å²) in [4.78, 5) is 14.8. The maximum Gasteiger partial charge on any atom is 0.257 e. The number of hydrogen-bond acceptors (Lipinski definition) is 4. The molecule has 0 radical (unpaired) electrons. The predicted octanol–water partition coefficient (Wildman–Crippen LogP) is 4.31. The molecule has 1 aliphatic rings. The number of nitrogens with one attached hydrogen (secondary N) is 1. The van der Waals surface area contributed by atoms with Crippen LogP contribution in [-0.2, 0) is 10.0 Å². The normalized spacial score (nSPS) is 14.8. The first-order chi connectivity index (χ1) is 15.9. The number of carbonyl (C=O) groups is 1. The molecule has 4 rings (SSSR count). The Balaban J connectivity index is 1.73. The molecule has 0 aliphatic carbocycles. The average molecular weight is 465 g/mol. The Labute approximate surface area is 195 Å². The van der Waals surface area contributed by atoms with Gasteiger partial charge >= 0.3 is 0 Å². The van der Waals surface area contributed by atoms with Gasteiger partial charge in [-0.3, -0.25) is 4.79 Å². The van der Waals surface area contributed by atoms with Crippen LogP contribution in [0, 0.1) is 6.92 Å². The van der Waals surface area contributed by atoms with Crippen molar-refractivity contribution in [3.05, 3.63) is 95.1 Å². The maximum absolute atomic E-state index is 13.5. The topological polar surface area (TPSA) is 75.7 Å². The molecule has 0 unspecified atom stereocenters. The third kappa shape index (κ3) is 4.94. The van der Waals surface area contributed by atoms with Crippen LogP contribution in [0.2, 0.25) is 0 Å². The number of nitrogens with zero attached hydrogens (tertiary/aromatic N) is 1. The van der Waals surface area contributed by atoms with Crippen molar-refractivity contribution in [1.82, 2.24) is 9.62 Å². The van der Waals surface area contributed by atoms with Crippen LogP contribution >= 0.6 is 0 Å². The maximum atomic E-state index is 13.5. The molecule has 1 N–H and O–H groups in total. The van der Waals surface area contributed by atoms with E-state index < -0.39 is 16.1 Å². The van der Waals surface area contributed by atoms with Gasteiger partial charge in [-0.25, -0.2) is 8.42 Å². The fraction of sp³-hybridized carbons (Fsp3) is 0.269. The van der Waals surface area contributed by atoms with E-state index in [4.69, 9.17) is 4.74 Å². The van der Waals surface area contributed by atoms with Crippen molar-refractivity contribution in [1.29, 1.82) is 0 Å². The van der Waals surface area contributed by atoms with E-state index in [9.17, 15) is 13.2 Å². The van der Waals surface area contributed by atoms with Gasteiger partial charge in [0, 0.05) is 13.1 Å². The molecule has 3 aromatic rings. The van der Waals surface area contributed by atoms with Crippen LogP contribution in [0.3, 0.4) is 0 Å². The van der Waals surface area contributed by atoms with E-state index in [1.54, 1.807) is 11.0 Å². The number of carbonyl (C=O) groups excluding carboxylic acids is 1. The SMILES string of the molecule is COc1ccc(S(=O)(=O)N[C@@H](c2ccccc2)c2ccccc2C)cc1C(=O)N1CCCC1. The molecule has 0 saturated carbocycles. The summed E-state index contributed by atoms with van der Waals surface area (Å²) in [7, 11) is -2.48. The van der Waals surface area contributed by atoms with Gasteiger partial charge < -0.3 is 9.64 Å². The molecular weight excluding hydrogens is 436 g/mol. The molecule has 1 saturated heterocycles. The third-order valence-electron chi connectivity index (χ3n) is 6.01. The number of amides is 1. The highest BCUT2D eigenvalue weighted by Gasteiger charge is 2.28. The van der Waals surface area contributed by atoms with Crippen molar-refractivity contribution in [2.24, 2.45) is 0 Å². The molecule has 1 atom stereocenters. The van der Waals surface area contributed by atoms with E-state index in [1.807, 2.05) is 61.5 Å². The molecule has 7 heteroatoms. The van der Waals surface area contributed by atoms with Gasteiger partial charge in [-0.05, 0) is 54.7 Å². The first-order valence-corrected chi connectivity index (χ1v) is 12.5. The van der Waals surface area contributed by atoms with Crippen molar-refractivity contribution in [3.63, 3.8) is 0 Å². The van der Waals surface area contributed by atoms with Gasteiger partial charge in [0.2, 0.25) is 10.0 Å². The Bertz CT molecular complexity index is 1240. The Morgan fingerprint density at radius 1 is 0.970 bits per heavy atom. The van der Waals surface area contributed by atoms with Gasteiger partial charge in [0.1, 0.15) is 5.75 Å². The van der Waals surface area contributed by atoms with Gasteiger partial charge in [0.05, 0.1) is 23.6 Å². The zero-order valence-electron chi connectivity index (χ0n) is 18.8. The molecule has 1 heterocycles. The number of hydrogen-bond donors (Lipinski definition) is 1. The van der Waals surface area contributed by atoms with Crippen molar-refractivity contribution in [2.75, 3.05) is 20.2 Å². The third-order valence-corrected chi connectivity index (χ3v) is 7.43. The molecule has 1 fully saturated rings. The number of methoxy groups -OCH3 is 1. The lowest BCUT2D eigenvalue weighted by atomic mass is 9.96. The smallest absolute Gasteiger partial charge is 0.257 e. The molecule has 1 amide bonds. The minimum Gasteiger partial charge on any atom is -0.496 e. The summed E-state index contributed by atoms with van der Waals surface area (Å²) < 4.78 is 35.3. The molecule has 3 aromatic carbocycles. The van der Waals surface area contributed by atoms with E-state index >= 15 is 0 Å². The summed E-state index contributed by atoms with van der Waals surface area (Å²) in [5, 5.41) is 0. The minimum atomic E-state index is -3.95. The first-order valence-electron chi connectivity index (χ1n) is 11.0. The average Bonchev–Trinajstić information content (AvgIpc) is 3.38. The minimum absolute atomic E-state index is 0.0281. The molecule has 0 bridgehead atoms. The molecular formula is C26H28N2O4S. The lowest BCUT2D eigenvalue weighted by Crippen LogP contribution is -2.31. The van der Waals surface area contributed by atoms with Crippen LogP contribution in [-0.4, -0.2) is 39.4 Å². The highest BCUT2D eigenvalue weighted by Crippen LogP contribution is 2.29. The number of benzene rings is 3. The fourth-order valence-electron chi connectivity index (χ4n) is 4.20. The van der Waals surface area contributed by atoms with Crippen molar-refractivity contribution >= 4 is 15.9 Å². The van der Waals surface area contributed by atoms with E-state index in [0.29, 0.717) is 18.8 Å². The van der Waals surface area contributed by atoms with Crippen molar-refractivity contribution in [3.8, 4) is 5.75 Å². The van der Waals surface area contributed by atoms with Crippen LogP contribution < -0.4 is 9.46 Å². The Morgan fingerprint density at radius 3 is 2.30 bits per heavy atom. The number of rotatable bonds is 7. The molecule has 172 valence electrons. The molecule has 6 nitrogen and oxygen atoms in total. The lowest BCUT2D eigenvalue weighted by Gasteiger charge is -2.22. The molecule has 1 aliphatic heterocycles. The largest absolute Gasteiger partial charge is 0.496 e. The lowest BCUT2D eigenvalue weighted by molar-refractivity contribution is 0.0789. The molecule has 0 spiro atoms. The van der Waals surface area contributed by atoms with Gasteiger partial charge in [-0.15, -0.1) is 0 Å². The summed E-state index contributed by atoms with van der Waals surface area (Å²) in [6.07, 6.45) is 1.89. The molecule has 33 heavy (non-hydrogen) atoms. The standard InChI is InChI=1S/C26H28N2O4S/c1-19-10-6-7-13-22(19)25(20-11-4-3-5-12-20)27-33(30,31)21-14-15-24(32-2)23(18-21)26(29)28-16-8-9-17-28/h3-7,10-15,18,25,27H,8-9,16-17H2,1-2H3/t25-/m0/s1. The summed E-state index contributed by atoms with van der Waals surface area (Å²) in [5.41, 5.74) is 2.94. The Kier molecular flexibility index (Phi) is 6.81. The van der Waals surface area contributed by atoms with Crippen LogP contribution in [0.25, 0.3) is 0 Å². The summed E-state index contributed by atoms with van der Waals surface area (Å²) in [5.74, 6) is 0.157. The van der Waals surface area contributed by atoms with E-state index in [0.717, 1.165) is 29.5 Å². The van der Waals surface area contributed by atoms with E-state index in [2.05, 4.69) is 4.72 Å². The first kappa shape index (κ1) is 23.0. The molecule has 0 aromatic heterocycles. The van der Waals surface area contributed by atoms with Gasteiger partial charge in [0.25, 0.3) is 5.91 Å². The monoisotopic (exact) mass is 464 g/mol. The van der Waals surface area contributed by atoms with Gasteiger partial charge in [-0.2, -0.15) is 4.72 Å². The predicted molar refractivity (Wildman–Crippen MR) is 128 cm³/mol. The second-order valence-electron chi connectivity index (χ2n) is 8.18. The van der Waals surface area contributed by atoms with Crippen molar-refractivity contribution in [2.45, 2.75) is 30.7 Å². The zero-order chi connectivity index (χ0) is 23.4. The number of ether oxygens (including phenoxy) is 1.